The van der Waals surface area contributed by atoms with E-state index in [1.165, 1.54) is 33.4 Å². The third-order valence-electron chi connectivity index (χ3n) is 9.79. The molecule has 46 heavy (non-hydrogen) atoms. The summed E-state index contributed by atoms with van der Waals surface area (Å²) in [6, 6.07) is 54.1. The molecule has 0 unspecified atom stereocenters. The van der Waals surface area contributed by atoms with Crippen LogP contribution in [0.3, 0.4) is 0 Å². The van der Waals surface area contributed by atoms with Crippen LogP contribution in [0.25, 0.3) is 55.3 Å². The lowest BCUT2D eigenvalue weighted by molar-refractivity contribution is 0.436. The molecule has 8 aromatic rings. The van der Waals surface area contributed by atoms with Crippen LogP contribution in [0.5, 0.6) is 11.5 Å². The predicted molar refractivity (Wildman–Crippen MR) is 185 cm³/mol. The second kappa shape index (κ2) is 9.47. The standard InChI is InChI=1S/C43H26N2O/c1-3-11-34-32(9-1)33-10-2-4-12-35(33)43(34)36-13-5-6-14-39(36)46-40-24-22-31(26-37(40)43)27-15-17-28(18-16-27)38-23-21-30-20-19-29-8-7-25-44-41(29)42(30)45-38/h1-26H. The zero-order valence-electron chi connectivity index (χ0n) is 24.8. The van der Waals surface area contributed by atoms with Crippen LogP contribution in [-0.2, 0) is 5.41 Å². The number of benzene rings is 6. The summed E-state index contributed by atoms with van der Waals surface area (Å²) in [5.74, 6) is 1.80. The number of rotatable bonds is 2. The van der Waals surface area contributed by atoms with E-state index in [2.05, 4.69) is 151 Å². The molecule has 0 atom stereocenters. The molecule has 3 heterocycles. The van der Waals surface area contributed by atoms with Crippen LogP contribution in [0.15, 0.2) is 158 Å². The molecule has 2 aliphatic rings. The highest BCUT2D eigenvalue weighted by atomic mass is 16.5. The number of para-hydroxylation sites is 1. The minimum absolute atomic E-state index is 0.473. The van der Waals surface area contributed by atoms with E-state index in [0.717, 1.165) is 55.7 Å². The van der Waals surface area contributed by atoms with Crippen LogP contribution >= 0.6 is 0 Å². The van der Waals surface area contributed by atoms with Crippen LogP contribution in [0.4, 0.5) is 0 Å². The Labute approximate surface area is 266 Å². The van der Waals surface area contributed by atoms with Gasteiger partial charge in [-0.1, -0.05) is 121 Å². The number of aromatic nitrogens is 2. The van der Waals surface area contributed by atoms with E-state index >= 15 is 0 Å². The van der Waals surface area contributed by atoms with Crippen molar-refractivity contribution in [1.29, 1.82) is 0 Å². The maximum Gasteiger partial charge on any atom is 0.132 e. The topological polar surface area (TPSA) is 35.0 Å². The molecule has 3 nitrogen and oxygen atoms in total. The highest BCUT2D eigenvalue weighted by Crippen LogP contribution is 2.62. The van der Waals surface area contributed by atoms with Crippen molar-refractivity contribution in [3.8, 4) is 45.0 Å². The van der Waals surface area contributed by atoms with E-state index in [1.807, 2.05) is 12.3 Å². The van der Waals surface area contributed by atoms with E-state index in [-0.39, 0.29) is 0 Å². The molecule has 0 radical (unpaired) electrons. The van der Waals surface area contributed by atoms with E-state index in [4.69, 9.17) is 9.72 Å². The van der Waals surface area contributed by atoms with Gasteiger partial charge < -0.3 is 4.74 Å². The number of nitrogens with zero attached hydrogens (tertiary/aromatic N) is 2. The zero-order chi connectivity index (χ0) is 30.2. The van der Waals surface area contributed by atoms with Crippen molar-refractivity contribution in [3.63, 3.8) is 0 Å². The molecule has 10 rings (SSSR count). The number of hydrogen-bond acceptors (Lipinski definition) is 3. The smallest absolute Gasteiger partial charge is 0.132 e. The molecular weight excluding hydrogens is 560 g/mol. The van der Waals surface area contributed by atoms with Crippen LogP contribution in [-0.4, -0.2) is 9.97 Å². The summed E-state index contributed by atoms with van der Waals surface area (Å²) >= 11 is 0. The van der Waals surface area contributed by atoms with Gasteiger partial charge in [-0.25, -0.2) is 4.98 Å². The van der Waals surface area contributed by atoms with Crippen molar-refractivity contribution >= 4 is 21.8 Å². The first-order valence-corrected chi connectivity index (χ1v) is 15.7. The minimum atomic E-state index is -0.473. The van der Waals surface area contributed by atoms with Gasteiger partial charge in [-0.2, -0.15) is 0 Å². The second-order valence-corrected chi connectivity index (χ2v) is 12.1. The monoisotopic (exact) mass is 586 g/mol. The highest BCUT2D eigenvalue weighted by molar-refractivity contribution is 6.03. The quantitative estimate of drug-likeness (QED) is 0.189. The number of ether oxygens (including phenoxy) is 1. The highest BCUT2D eigenvalue weighted by Gasteiger charge is 2.50. The Hall–Kier alpha value is -6.06. The van der Waals surface area contributed by atoms with Crippen molar-refractivity contribution in [3.05, 3.63) is 180 Å². The van der Waals surface area contributed by atoms with Crippen molar-refractivity contribution in [2.24, 2.45) is 0 Å². The largest absolute Gasteiger partial charge is 0.457 e. The molecular formula is C43H26N2O. The summed E-state index contributed by atoms with van der Waals surface area (Å²) in [6.45, 7) is 0. The Bertz CT molecular complexity index is 2470. The molecule has 3 heteroatoms. The molecule has 2 aromatic heterocycles. The van der Waals surface area contributed by atoms with E-state index < -0.39 is 5.41 Å². The number of fused-ring (bicyclic) bond motifs is 12. The molecule has 214 valence electrons. The number of pyridine rings is 2. The Kier molecular flexibility index (Phi) is 5.20. The molecule has 1 aliphatic heterocycles. The summed E-state index contributed by atoms with van der Waals surface area (Å²) in [5.41, 5.74) is 13.2. The summed E-state index contributed by atoms with van der Waals surface area (Å²) in [4.78, 5) is 9.70. The Balaban J connectivity index is 1.12. The van der Waals surface area contributed by atoms with Crippen LogP contribution in [0.2, 0.25) is 0 Å². The first kappa shape index (κ1) is 25.3. The van der Waals surface area contributed by atoms with Gasteiger partial charge in [0, 0.05) is 33.7 Å². The lowest BCUT2D eigenvalue weighted by Crippen LogP contribution is -2.32. The first-order valence-electron chi connectivity index (χ1n) is 15.7. The van der Waals surface area contributed by atoms with Gasteiger partial charge in [0.2, 0.25) is 0 Å². The fourth-order valence-electron chi connectivity index (χ4n) is 7.75. The van der Waals surface area contributed by atoms with Gasteiger partial charge in [-0.15, -0.1) is 0 Å². The lowest BCUT2D eigenvalue weighted by Gasteiger charge is -2.39. The SMILES string of the molecule is c1ccc2c(c1)Oc1ccc(-c3ccc(-c4ccc5ccc6cccnc6c5n4)cc3)cc1C21c2ccccc2-c2ccccc21. The van der Waals surface area contributed by atoms with Gasteiger partial charge in [-0.05, 0) is 63.7 Å². The molecule has 0 saturated heterocycles. The van der Waals surface area contributed by atoms with Crippen molar-refractivity contribution in [2.45, 2.75) is 5.41 Å². The van der Waals surface area contributed by atoms with Crippen molar-refractivity contribution in [2.75, 3.05) is 0 Å². The summed E-state index contributed by atoms with van der Waals surface area (Å²) < 4.78 is 6.61. The van der Waals surface area contributed by atoms with Crippen LogP contribution < -0.4 is 4.74 Å². The molecule has 0 N–H and O–H groups in total. The average Bonchev–Trinajstić information content (AvgIpc) is 3.42. The van der Waals surface area contributed by atoms with Crippen LogP contribution in [0, 0.1) is 0 Å². The Morgan fingerprint density at radius 1 is 0.435 bits per heavy atom. The zero-order valence-corrected chi connectivity index (χ0v) is 24.8. The van der Waals surface area contributed by atoms with Crippen molar-refractivity contribution < 1.29 is 4.74 Å². The number of hydrogen-bond donors (Lipinski definition) is 0. The normalized spacial score (nSPS) is 13.6. The molecule has 0 fully saturated rings. The Morgan fingerprint density at radius 2 is 1.04 bits per heavy atom. The van der Waals surface area contributed by atoms with Gasteiger partial charge in [0.1, 0.15) is 11.5 Å². The first-order chi connectivity index (χ1) is 22.8. The van der Waals surface area contributed by atoms with Gasteiger partial charge in [0.15, 0.2) is 0 Å². The van der Waals surface area contributed by atoms with Gasteiger partial charge in [0.25, 0.3) is 0 Å². The van der Waals surface area contributed by atoms with E-state index in [9.17, 15) is 0 Å². The summed E-state index contributed by atoms with van der Waals surface area (Å²) in [7, 11) is 0. The molecule has 0 bridgehead atoms. The predicted octanol–water partition coefficient (Wildman–Crippen LogP) is 10.6. The fourth-order valence-corrected chi connectivity index (χ4v) is 7.75. The third kappa shape index (κ3) is 3.43. The van der Waals surface area contributed by atoms with Crippen molar-refractivity contribution in [1.82, 2.24) is 9.97 Å². The summed E-state index contributed by atoms with van der Waals surface area (Å²) in [6.07, 6.45) is 1.83. The summed E-state index contributed by atoms with van der Waals surface area (Å²) in [5, 5.41) is 2.19. The minimum Gasteiger partial charge on any atom is -0.457 e. The average molecular weight is 587 g/mol. The molecule has 6 aromatic carbocycles. The molecule has 1 aliphatic carbocycles. The van der Waals surface area contributed by atoms with E-state index in [1.54, 1.807) is 0 Å². The second-order valence-electron chi connectivity index (χ2n) is 12.1. The maximum absolute atomic E-state index is 6.61. The van der Waals surface area contributed by atoms with Gasteiger partial charge in [-0.3, -0.25) is 4.98 Å². The lowest BCUT2D eigenvalue weighted by atomic mass is 9.66. The maximum atomic E-state index is 6.61. The fraction of sp³-hybridized carbons (Fsp3) is 0.0233. The third-order valence-corrected chi connectivity index (χ3v) is 9.79. The van der Waals surface area contributed by atoms with E-state index in [0.29, 0.717) is 0 Å². The molecule has 1 spiro atoms. The molecule has 0 saturated carbocycles. The Morgan fingerprint density at radius 3 is 1.83 bits per heavy atom. The van der Waals surface area contributed by atoms with Crippen LogP contribution in [0.1, 0.15) is 22.3 Å². The van der Waals surface area contributed by atoms with Gasteiger partial charge in [0.05, 0.1) is 22.1 Å². The molecule has 0 amide bonds. The van der Waals surface area contributed by atoms with Gasteiger partial charge >= 0.3 is 0 Å².